The molecule has 37 heavy (non-hydrogen) atoms. The van der Waals surface area contributed by atoms with E-state index in [0.717, 1.165) is 24.3 Å². The maximum atomic E-state index is 14.7. The lowest BCUT2D eigenvalue weighted by atomic mass is 10.0. The maximum Gasteiger partial charge on any atom is 0.263 e. The summed E-state index contributed by atoms with van der Waals surface area (Å²) in [6, 6.07) is 6.56. The fraction of sp³-hybridized carbons (Fsp3) is 0.0833. The summed E-state index contributed by atoms with van der Waals surface area (Å²) < 4.78 is 57.0. The van der Waals surface area contributed by atoms with Crippen molar-refractivity contribution in [1.29, 1.82) is 0 Å². The second-order valence-electron chi connectivity index (χ2n) is 7.68. The molecule has 0 aliphatic carbocycles. The second-order valence-corrected chi connectivity index (χ2v) is 8.03. The second kappa shape index (κ2) is 10.7. The van der Waals surface area contributed by atoms with Crippen molar-refractivity contribution in [2.24, 2.45) is 7.05 Å². The lowest BCUT2D eigenvalue weighted by Gasteiger charge is -2.15. The van der Waals surface area contributed by atoms with Gasteiger partial charge in [-0.2, -0.15) is 10.1 Å². The number of hydrogen-bond donors (Lipinski definition) is 3. The van der Waals surface area contributed by atoms with E-state index in [9.17, 15) is 22.4 Å². The number of aryl methyl sites for hydroxylation is 1. The van der Waals surface area contributed by atoms with Gasteiger partial charge in [0.05, 0.1) is 11.4 Å². The van der Waals surface area contributed by atoms with E-state index in [1.165, 1.54) is 23.0 Å². The van der Waals surface area contributed by atoms with Gasteiger partial charge < -0.3 is 16.0 Å². The number of amides is 1. The Hall–Kier alpha value is -4.45. The number of benzene rings is 2. The largest absolute Gasteiger partial charge is 0.337 e. The highest BCUT2D eigenvalue weighted by atomic mass is 35.5. The van der Waals surface area contributed by atoms with Gasteiger partial charge in [0.1, 0.15) is 17.5 Å². The van der Waals surface area contributed by atoms with Gasteiger partial charge >= 0.3 is 0 Å². The highest BCUT2D eigenvalue weighted by Crippen LogP contribution is 2.34. The average molecular weight is 532 g/mol. The topological polar surface area (TPSA) is 96.8 Å². The molecule has 0 aliphatic heterocycles. The van der Waals surface area contributed by atoms with Crippen molar-refractivity contribution in [2.45, 2.75) is 6.43 Å². The third kappa shape index (κ3) is 6.04. The molecule has 0 atom stereocenters. The first-order chi connectivity index (χ1) is 17.6. The molecule has 2 aromatic carbocycles. The Morgan fingerprint density at radius 2 is 1.92 bits per heavy atom. The normalized spacial score (nSPS) is 10.9. The van der Waals surface area contributed by atoms with Crippen LogP contribution >= 0.6 is 11.6 Å². The van der Waals surface area contributed by atoms with E-state index >= 15 is 0 Å². The van der Waals surface area contributed by atoms with Crippen LogP contribution in [0.1, 0.15) is 12.0 Å². The molecule has 0 fully saturated rings. The molecule has 1 amide bonds. The highest BCUT2D eigenvalue weighted by Gasteiger charge is 2.17. The number of anilines is 5. The highest BCUT2D eigenvalue weighted by molar-refractivity contribution is 6.32. The molecule has 13 heteroatoms. The van der Waals surface area contributed by atoms with Crippen LogP contribution in [0.15, 0.2) is 61.4 Å². The Kier molecular flexibility index (Phi) is 7.39. The molecule has 4 rings (SSSR count). The summed E-state index contributed by atoms with van der Waals surface area (Å²) >= 11 is 6.08. The van der Waals surface area contributed by atoms with E-state index in [4.69, 9.17) is 11.6 Å². The SMILES string of the molecule is C=CC(=O)Nc1ccc(F)c(Nc2nc(Nc3cn(C)nc3Cl)ncc2-c2cc(F)cc(C(F)F)c2)c1. The molecule has 0 aliphatic rings. The van der Waals surface area contributed by atoms with Crippen LogP contribution in [0.5, 0.6) is 0 Å². The Morgan fingerprint density at radius 3 is 2.59 bits per heavy atom. The third-order valence-electron chi connectivity index (χ3n) is 4.97. The molecule has 0 spiro atoms. The van der Waals surface area contributed by atoms with Crippen molar-refractivity contribution in [1.82, 2.24) is 19.7 Å². The lowest BCUT2D eigenvalue weighted by Crippen LogP contribution is -2.08. The Labute approximate surface area is 213 Å². The van der Waals surface area contributed by atoms with Crippen LogP contribution < -0.4 is 16.0 Å². The van der Waals surface area contributed by atoms with E-state index in [2.05, 4.69) is 37.6 Å². The minimum atomic E-state index is -2.93. The van der Waals surface area contributed by atoms with Crippen molar-refractivity contribution in [2.75, 3.05) is 16.0 Å². The molecule has 0 radical (unpaired) electrons. The zero-order valence-electron chi connectivity index (χ0n) is 19.1. The van der Waals surface area contributed by atoms with Crippen molar-refractivity contribution < 1.29 is 22.4 Å². The summed E-state index contributed by atoms with van der Waals surface area (Å²) in [5.41, 5.74) is 0.0808. The van der Waals surface area contributed by atoms with Gasteiger partial charge in [0.15, 0.2) is 5.15 Å². The van der Waals surface area contributed by atoms with Crippen LogP contribution in [0, 0.1) is 11.6 Å². The number of carbonyl (C=O) groups is 1. The van der Waals surface area contributed by atoms with E-state index in [-0.39, 0.29) is 39.4 Å². The maximum absolute atomic E-state index is 14.7. The summed E-state index contributed by atoms with van der Waals surface area (Å²) in [6.07, 6.45) is 0.945. The van der Waals surface area contributed by atoms with Crippen LogP contribution in [0.25, 0.3) is 11.1 Å². The zero-order chi connectivity index (χ0) is 26.7. The van der Waals surface area contributed by atoms with Gasteiger partial charge in [-0.1, -0.05) is 18.2 Å². The van der Waals surface area contributed by atoms with Crippen molar-refractivity contribution >= 4 is 46.3 Å². The van der Waals surface area contributed by atoms with Gasteiger partial charge in [0.2, 0.25) is 11.9 Å². The molecule has 2 aromatic heterocycles. The smallest absolute Gasteiger partial charge is 0.263 e. The van der Waals surface area contributed by atoms with Crippen LogP contribution in [0.4, 0.5) is 46.4 Å². The molecule has 2 heterocycles. The zero-order valence-corrected chi connectivity index (χ0v) is 19.8. The summed E-state index contributed by atoms with van der Waals surface area (Å²) in [5.74, 6) is -2.17. The molecule has 8 nitrogen and oxygen atoms in total. The van der Waals surface area contributed by atoms with Gasteiger partial charge in [0.25, 0.3) is 6.43 Å². The Balaban J connectivity index is 1.80. The fourth-order valence-corrected chi connectivity index (χ4v) is 3.54. The first-order valence-electron chi connectivity index (χ1n) is 10.5. The van der Waals surface area contributed by atoms with Crippen LogP contribution in [-0.4, -0.2) is 25.7 Å². The van der Waals surface area contributed by atoms with Crippen molar-refractivity contribution in [3.05, 3.63) is 83.8 Å². The van der Waals surface area contributed by atoms with Crippen molar-refractivity contribution in [3.8, 4) is 11.1 Å². The molecular formula is C24H18ClF4N7O. The molecule has 0 unspecified atom stereocenters. The number of nitrogens with one attached hydrogen (secondary N) is 3. The average Bonchev–Trinajstić information content (AvgIpc) is 3.17. The number of rotatable bonds is 8. The summed E-state index contributed by atoms with van der Waals surface area (Å²) in [7, 11) is 1.65. The molecule has 0 saturated heterocycles. The summed E-state index contributed by atoms with van der Waals surface area (Å²) in [4.78, 5) is 20.2. The molecule has 190 valence electrons. The molecule has 3 N–H and O–H groups in total. The van der Waals surface area contributed by atoms with Gasteiger partial charge in [0, 0.05) is 36.3 Å². The Morgan fingerprint density at radius 1 is 1.14 bits per heavy atom. The van der Waals surface area contributed by atoms with E-state index < -0.39 is 29.5 Å². The minimum Gasteiger partial charge on any atom is -0.337 e. The lowest BCUT2D eigenvalue weighted by molar-refractivity contribution is -0.111. The summed E-state index contributed by atoms with van der Waals surface area (Å²) in [6.45, 7) is 3.36. The number of halogens is 5. The predicted molar refractivity (Wildman–Crippen MR) is 132 cm³/mol. The van der Waals surface area contributed by atoms with E-state index in [0.29, 0.717) is 11.8 Å². The minimum absolute atomic E-state index is 0.00293. The number of carbonyl (C=O) groups excluding carboxylic acids is 1. The number of hydrogen-bond acceptors (Lipinski definition) is 6. The van der Waals surface area contributed by atoms with Gasteiger partial charge in [-0.25, -0.2) is 22.5 Å². The van der Waals surface area contributed by atoms with Crippen molar-refractivity contribution in [3.63, 3.8) is 0 Å². The number of aromatic nitrogens is 4. The van der Waals surface area contributed by atoms with Gasteiger partial charge in [-0.15, -0.1) is 0 Å². The fourth-order valence-electron chi connectivity index (χ4n) is 3.33. The van der Waals surface area contributed by atoms with Crippen LogP contribution in [0.2, 0.25) is 5.15 Å². The van der Waals surface area contributed by atoms with Crippen LogP contribution in [-0.2, 0) is 11.8 Å². The standard InChI is InChI=1S/C24H18ClF4N7O/c1-3-20(37)31-15-4-5-17(27)18(9-15)32-23-16(12-6-13(22(28)29)8-14(26)7-12)10-30-24(34-23)33-19-11-36(2)35-21(19)25/h3-11,22H,1H2,2H3,(H,31,37)(H2,30,32,33,34). The van der Waals surface area contributed by atoms with Crippen LogP contribution in [0.3, 0.4) is 0 Å². The first-order valence-corrected chi connectivity index (χ1v) is 10.9. The monoisotopic (exact) mass is 531 g/mol. The molecule has 0 saturated carbocycles. The Bertz CT molecular complexity index is 1490. The molecule has 4 aromatic rings. The van der Waals surface area contributed by atoms with E-state index in [1.54, 1.807) is 13.2 Å². The van der Waals surface area contributed by atoms with Gasteiger partial charge in [-0.3, -0.25) is 9.48 Å². The van der Waals surface area contributed by atoms with E-state index in [1.807, 2.05) is 0 Å². The summed E-state index contributed by atoms with van der Waals surface area (Å²) in [5, 5.41) is 12.3. The molecule has 0 bridgehead atoms. The predicted octanol–water partition coefficient (Wildman–Crippen LogP) is 6.36. The van der Waals surface area contributed by atoms with Gasteiger partial charge in [-0.05, 0) is 48.0 Å². The quantitative estimate of drug-likeness (QED) is 0.181. The molecular weight excluding hydrogens is 514 g/mol. The third-order valence-corrected chi connectivity index (χ3v) is 5.25. The number of alkyl halides is 2. The number of nitrogens with zero attached hydrogens (tertiary/aromatic N) is 4. The first kappa shape index (κ1) is 25.6.